The van der Waals surface area contributed by atoms with Crippen LogP contribution >= 0.6 is 11.8 Å². The number of ether oxygens (including phenoxy) is 1. The second-order valence-corrected chi connectivity index (χ2v) is 7.76. The highest BCUT2D eigenvalue weighted by Gasteiger charge is 2.14. The van der Waals surface area contributed by atoms with E-state index < -0.39 is 0 Å². The lowest BCUT2D eigenvalue weighted by Gasteiger charge is -2.08. The van der Waals surface area contributed by atoms with Crippen LogP contribution in [0, 0.1) is 6.92 Å². The number of aryl methyl sites for hydroxylation is 1. The van der Waals surface area contributed by atoms with Gasteiger partial charge in [-0.05, 0) is 49.4 Å². The molecular formula is C23H21N5O2S. The fourth-order valence-corrected chi connectivity index (χ4v) is 3.57. The number of amides is 1. The van der Waals surface area contributed by atoms with Crippen LogP contribution in [-0.4, -0.2) is 26.5 Å². The summed E-state index contributed by atoms with van der Waals surface area (Å²) in [5, 5.41) is 11.6. The Balaban J connectivity index is 1.32. The number of hydrogen-bond donors (Lipinski definition) is 2. The lowest BCUT2D eigenvalue weighted by atomic mass is 10.1. The standard InChI is InChI=1S/C23H21N5O2S/c1-16-6-5-7-17(14-16)22-26-27-23(28(22)24)31-15-21(29)25-18-10-12-20(13-11-18)30-19-8-3-2-4-9-19/h2-14H,15,24H2,1H3,(H,25,29). The summed E-state index contributed by atoms with van der Waals surface area (Å²) in [6.07, 6.45) is 0. The molecule has 3 N–H and O–H groups in total. The minimum Gasteiger partial charge on any atom is -0.457 e. The summed E-state index contributed by atoms with van der Waals surface area (Å²) in [6.45, 7) is 2.00. The van der Waals surface area contributed by atoms with Crippen LogP contribution in [0.25, 0.3) is 11.4 Å². The highest BCUT2D eigenvalue weighted by Crippen LogP contribution is 2.24. The van der Waals surface area contributed by atoms with Gasteiger partial charge in [0.1, 0.15) is 11.5 Å². The first kappa shape index (κ1) is 20.5. The Kier molecular flexibility index (Phi) is 6.18. The molecule has 0 spiro atoms. The van der Waals surface area contributed by atoms with Crippen LogP contribution < -0.4 is 15.9 Å². The molecule has 0 bridgehead atoms. The van der Waals surface area contributed by atoms with Crippen LogP contribution in [0.4, 0.5) is 5.69 Å². The quantitative estimate of drug-likeness (QED) is 0.331. The summed E-state index contributed by atoms with van der Waals surface area (Å²) in [7, 11) is 0. The van der Waals surface area contributed by atoms with Crippen molar-refractivity contribution >= 4 is 23.4 Å². The monoisotopic (exact) mass is 431 g/mol. The van der Waals surface area contributed by atoms with Crippen molar-refractivity contribution in [3.63, 3.8) is 0 Å². The smallest absolute Gasteiger partial charge is 0.234 e. The fraction of sp³-hybridized carbons (Fsp3) is 0.0870. The maximum absolute atomic E-state index is 12.3. The predicted molar refractivity (Wildman–Crippen MR) is 123 cm³/mol. The predicted octanol–water partition coefficient (Wildman–Crippen LogP) is 4.49. The summed E-state index contributed by atoms with van der Waals surface area (Å²) < 4.78 is 7.16. The zero-order valence-electron chi connectivity index (χ0n) is 16.9. The summed E-state index contributed by atoms with van der Waals surface area (Å²) in [6, 6.07) is 24.6. The molecule has 7 nitrogen and oxygen atoms in total. The van der Waals surface area contributed by atoms with Gasteiger partial charge in [0, 0.05) is 11.3 Å². The molecule has 4 aromatic rings. The molecule has 0 unspecified atom stereocenters. The number of carbonyl (C=O) groups excluding carboxylic acids is 1. The third-order valence-corrected chi connectivity index (χ3v) is 5.33. The van der Waals surface area contributed by atoms with Gasteiger partial charge in [0.2, 0.25) is 11.1 Å². The van der Waals surface area contributed by atoms with Gasteiger partial charge in [-0.2, -0.15) is 0 Å². The Labute approximate surface area is 184 Å². The average molecular weight is 432 g/mol. The van der Waals surface area contributed by atoms with Crippen molar-refractivity contribution in [1.82, 2.24) is 14.9 Å². The lowest BCUT2D eigenvalue weighted by molar-refractivity contribution is -0.113. The molecule has 1 aromatic heterocycles. The number of para-hydroxylation sites is 1. The number of nitrogens with zero attached hydrogens (tertiary/aromatic N) is 3. The summed E-state index contributed by atoms with van der Waals surface area (Å²) in [5.41, 5.74) is 2.67. The van der Waals surface area contributed by atoms with Crippen molar-refractivity contribution in [3.8, 4) is 22.9 Å². The molecule has 0 fully saturated rings. The minimum atomic E-state index is -0.165. The first-order valence-corrected chi connectivity index (χ1v) is 10.6. The zero-order valence-corrected chi connectivity index (χ0v) is 17.7. The van der Waals surface area contributed by atoms with Gasteiger partial charge in [-0.15, -0.1) is 10.2 Å². The van der Waals surface area contributed by atoms with Gasteiger partial charge < -0.3 is 15.9 Å². The fourth-order valence-electron chi connectivity index (χ4n) is 2.91. The van der Waals surface area contributed by atoms with Gasteiger partial charge in [-0.1, -0.05) is 53.7 Å². The number of nitrogens with one attached hydrogen (secondary N) is 1. The molecule has 156 valence electrons. The Bertz CT molecular complexity index is 1180. The topological polar surface area (TPSA) is 95.1 Å². The van der Waals surface area contributed by atoms with E-state index in [1.807, 2.05) is 61.5 Å². The summed E-state index contributed by atoms with van der Waals surface area (Å²) >= 11 is 1.23. The number of hydrogen-bond acceptors (Lipinski definition) is 6. The Morgan fingerprint density at radius 2 is 1.74 bits per heavy atom. The second kappa shape index (κ2) is 9.36. The highest BCUT2D eigenvalue weighted by atomic mass is 32.2. The van der Waals surface area contributed by atoms with Crippen molar-refractivity contribution in [2.24, 2.45) is 0 Å². The largest absolute Gasteiger partial charge is 0.457 e. The molecule has 0 radical (unpaired) electrons. The summed E-state index contributed by atoms with van der Waals surface area (Å²) in [4.78, 5) is 12.3. The van der Waals surface area contributed by atoms with E-state index >= 15 is 0 Å². The lowest BCUT2D eigenvalue weighted by Crippen LogP contribution is -2.16. The van der Waals surface area contributed by atoms with Gasteiger partial charge in [-0.3, -0.25) is 4.79 Å². The van der Waals surface area contributed by atoms with E-state index in [1.54, 1.807) is 24.3 Å². The average Bonchev–Trinajstić information content (AvgIpc) is 3.15. The highest BCUT2D eigenvalue weighted by molar-refractivity contribution is 7.99. The van der Waals surface area contributed by atoms with Crippen LogP contribution in [0.1, 0.15) is 5.56 Å². The Morgan fingerprint density at radius 1 is 1.00 bits per heavy atom. The van der Waals surface area contributed by atoms with E-state index in [1.165, 1.54) is 16.4 Å². The molecule has 4 rings (SSSR count). The molecule has 0 aliphatic rings. The normalized spacial score (nSPS) is 10.6. The number of thioether (sulfide) groups is 1. The molecular weight excluding hydrogens is 410 g/mol. The van der Waals surface area contributed by atoms with Crippen LogP contribution in [0.5, 0.6) is 11.5 Å². The third kappa shape index (κ3) is 5.23. The number of nitrogens with two attached hydrogens (primary N) is 1. The molecule has 0 aliphatic heterocycles. The molecule has 0 saturated heterocycles. The molecule has 8 heteroatoms. The number of nitrogen functional groups attached to an aromatic ring is 1. The van der Waals surface area contributed by atoms with Crippen LogP contribution in [0.15, 0.2) is 84.0 Å². The number of carbonyl (C=O) groups is 1. The van der Waals surface area contributed by atoms with Gasteiger partial charge in [-0.25, -0.2) is 4.68 Å². The second-order valence-electron chi connectivity index (χ2n) is 6.82. The number of anilines is 1. The SMILES string of the molecule is Cc1cccc(-c2nnc(SCC(=O)Nc3ccc(Oc4ccccc4)cc3)n2N)c1. The van der Waals surface area contributed by atoms with E-state index in [4.69, 9.17) is 10.6 Å². The van der Waals surface area contributed by atoms with Crippen LogP contribution in [0.2, 0.25) is 0 Å². The third-order valence-electron chi connectivity index (χ3n) is 4.39. The van der Waals surface area contributed by atoms with E-state index in [0.717, 1.165) is 16.9 Å². The van der Waals surface area contributed by atoms with Crippen molar-refractivity contribution in [2.45, 2.75) is 12.1 Å². The number of aromatic nitrogens is 3. The van der Waals surface area contributed by atoms with E-state index in [0.29, 0.717) is 22.4 Å². The molecule has 1 amide bonds. The van der Waals surface area contributed by atoms with Gasteiger partial charge in [0.15, 0.2) is 5.82 Å². The maximum atomic E-state index is 12.3. The molecule has 3 aromatic carbocycles. The Morgan fingerprint density at radius 3 is 2.48 bits per heavy atom. The molecule has 0 aliphatic carbocycles. The molecule has 0 atom stereocenters. The van der Waals surface area contributed by atoms with Crippen molar-refractivity contribution < 1.29 is 9.53 Å². The molecule has 0 saturated carbocycles. The van der Waals surface area contributed by atoms with Crippen molar-refractivity contribution in [3.05, 3.63) is 84.4 Å². The van der Waals surface area contributed by atoms with Crippen molar-refractivity contribution in [1.29, 1.82) is 0 Å². The van der Waals surface area contributed by atoms with E-state index in [9.17, 15) is 4.79 Å². The van der Waals surface area contributed by atoms with Crippen molar-refractivity contribution in [2.75, 3.05) is 16.9 Å². The molecule has 1 heterocycles. The van der Waals surface area contributed by atoms with E-state index in [2.05, 4.69) is 15.5 Å². The van der Waals surface area contributed by atoms with Gasteiger partial charge in [0.05, 0.1) is 5.75 Å². The van der Waals surface area contributed by atoms with Gasteiger partial charge in [0.25, 0.3) is 0 Å². The zero-order chi connectivity index (χ0) is 21.6. The van der Waals surface area contributed by atoms with Crippen LogP contribution in [-0.2, 0) is 4.79 Å². The van der Waals surface area contributed by atoms with Gasteiger partial charge >= 0.3 is 0 Å². The number of benzene rings is 3. The Hall–Kier alpha value is -3.78. The minimum absolute atomic E-state index is 0.158. The first-order valence-electron chi connectivity index (χ1n) is 9.61. The molecule has 31 heavy (non-hydrogen) atoms. The van der Waals surface area contributed by atoms with E-state index in [-0.39, 0.29) is 11.7 Å². The van der Waals surface area contributed by atoms with Crippen LogP contribution in [0.3, 0.4) is 0 Å². The summed E-state index contributed by atoms with van der Waals surface area (Å²) in [5.74, 6) is 8.13. The maximum Gasteiger partial charge on any atom is 0.234 e. The number of rotatable bonds is 7. The first-order chi connectivity index (χ1) is 15.1.